The maximum atomic E-state index is 6.30. The van der Waals surface area contributed by atoms with Gasteiger partial charge in [0.15, 0.2) is 0 Å². The average molecular weight is 436 g/mol. The number of rotatable bonds is 3. The molecule has 0 atom stereocenters. The van der Waals surface area contributed by atoms with Gasteiger partial charge in [-0.2, -0.15) is 5.10 Å². The highest BCUT2D eigenvalue weighted by Crippen LogP contribution is 2.33. The van der Waals surface area contributed by atoms with E-state index >= 15 is 0 Å². The van der Waals surface area contributed by atoms with E-state index in [0.717, 1.165) is 15.4 Å². The fourth-order valence-corrected chi connectivity index (χ4v) is 3.35. The Kier molecular flexibility index (Phi) is 4.29. The predicted molar refractivity (Wildman–Crippen MR) is 102 cm³/mol. The number of benzene rings is 1. The average Bonchev–Trinajstić information content (AvgIpc) is 3.04. The predicted octanol–water partition coefficient (Wildman–Crippen LogP) is 5.02. The quantitative estimate of drug-likeness (QED) is 0.489. The summed E-state index contributed by atoms with van der Waals surface area (Å²) in [4.78, 5) is 12.5. The molecule has 0 aliphatic carbocycles. The van der Waals surface area contributed by atoms with Gasteiger partial charge in [-0.05, 0) is 34.1 Å². The Labute approximate surface area is 161 Å². The van der Waals surface area contributed by atoms with Gasteiger partial charge in [-0.25, -0.2) is 19.6 Å². The minimum Gasteiger partial charge on any atom is -0.324 e. The number of pyridine rings is 1. The monoisotopic (exact) mass is 434 g/mol. The van der Waals surface area contributed by atoms with Crippen LogP contribution in [-0.4, -0.2) is 24.7 Å². The van der Waals surface area contributed by atoms with Crippen molar-refractivity contribution >= 4 is 61.7 Å². The van der Waals surface area contributed by atoms with Crippen LogP contribution in [-0.2, 0) is 0 Å². The van der Waals surface area contributed by atoms with Crippen LogP contribution in [0.2, 0.25) is 10.0 Å². The Morgan fingerprint density at radius 3 is 2.60 bits per heavy atom. The van der Waals surface area contributed by atoms with E-state index in [9.17, 15) is 0 Å². The van der Waals surface area contributed by atoms with Crippen molar-refractivity contribution in [1.29, 1.82) is 0 Å². The highest BCUT2D eigenvalue weighted by atomic mass is 79.9. The normalized spacial score (nSPS) is 11.0. The lowest BCUT2D eigenvalue weighted by molar-refractivity contribution is 0.896. The van der Waals surface area contributed by atoms with Crippen molar-refractivity contribution in [3.05, 3.63) is 63.7 Å². The van der Waals surface area contributed by atoms with E-state index in [0.29, 0.717) is 27.4 Å². The second-order valence-electron chi connectivity index (χ2n) is 5.08. The molecule has 0 spiro atoms. The minimum absolute atomic E-state index is 0.509. The number of para-hydroxylation sites is 1. The maximum absolute atomic E-state index is 6.30. The Hall–Kier alpha value is -2.22. The van der Waals surface area contributed by atoms with E-state index < -0.39 is 0 Å². The van der Waals surface area contributed by atoms with Crippen LogP contribution in [0.25, 0.3) is 16.6 Å². The van der Waals surface area contributed by atoms with Crippen LogP contribution in [0, 0.1) is 0 Å². The first-order chi connectivity index (χ1) is 12.1. The van der Waals surface area contributed by atoms with Crippen molar-refractivity contribution in [2.75, 3.05) is 5.32 Å². The van der Waals surface area contributed by atoms with Crippen LogP contribution in [0.4, 0.5) is 11.6 Å². The molecule has 25 heavy (non-hydrogen) atoms. The van der Waals surface area contributed by atoms with Crippen LogP contribution < -0.4 is 5.32 Å². The molecule has 0 unspecified atom stereocenters. The number of anilines is 2. The van der Waals surface area contributed by atoms with Crippen LogP contribution >= 0.6 is 39.1 Å². The summed E-state index contributed by atoms with van der Waals surface area (Å²) in [5.41, 5.74) is 1.34. The lowest BCUT2D eigenvalue weighted by Crippen LogP contribution is -1.96. The molecular formula is C16H9BrCl2N6. The largest absolute Gasteiger partial charge is 0.324 e. The van der Waals surface area contributed by atoms with Gasteiger partial charge < -0.3 is 5.32 Å². The molecule has 0 bridgehead atoms. The van der Waals surface area contributed by atoms with Gasteiger partial charge in [-0.3, -0.25) is 0 Å². The molecule has 6 nitrogen and oxygen atoms in total. The zero-order valence-corrected chi connectivity index (χ0v) is 15.6. The summed E-state index contributed by atoms with van der Waals surface area (Å²) in [6.45, 7) is 0. The molecule has 0 aliphatic rings. The Morgan fingerprint density at radius 1 is 1.08 bits per heavy atom. The van der Waals surface area contributed by atoms with Crippen LogP contribution in [0.15, 0.2) is 53.7 Å². The fourth-order valence-electron chi connectivity index (χ4n) is 2.38. The smallest absolute Gasteiger partial charge is 0.142 e. The third kappa shape index (κ3) is 3.06. The summed E-state index contributed by atoms with van der Waals surface area (Å²) < 4.78 is 2.41. The van der Waals surface area contributed by atoms with E-state index in [2.05, 4.69) is 41.3 Å². The standard InChI is InChI=1S/C16H9BrCl2N6/c17-10-6-21-16(23-13-4-5-20-8-22-13)9-7-25(24-14(9)10)15-11(18)2-1-3-12(15)19/h1-8H,(H,20,21,22,23). The van der Waals surface area contributed by atoms with Gasteiger partial charge in [0.1, 0.15) is 29.2 Å². The van der Waals surface area contributed by atoms with Gasteiger partial charge in [0.05, 0.1) is 19.9 Å². The Morgan fingerprint density at radius 2 is 1.88 bits per heavy atom. The molecule has 0 saturated carbocycles. The SMILES string of the molecule is Clc1cccc(Cl)c1-n1cc2c(Nc3ccncn3)ncc(Br)c2n1. The zero-order valence-electron chi connectivity index (χ0n) is 12.5. The van der Waals surface area contributed by atoms with Crippen LogP contribution in [0.5, 0.6) is 0 Å². The summed E-state index contributed by atoms with van der Waals surface area (Å²) in [5, 5.41) is 9.57. The highest BCUT2D eigenvalue weighted by Gasteiger charge is 2.15. The summed E-state index contributed by atoms with van der Waals surface area (Å²) in [6, 6.07) is 7.08. The number of fused-ring (bicyclic) bond motifs is 1. The van der Waals surface area contributed by atoms with Gasteiger partial charge >= 0.3 is 0 Å². The number of hydrogen-bond acceptors (Lipinski definition) is 5. The van der Waals surface area contributed by atoms with Gasteiger partial charge in [-0.15, -0.1) is 0 Å². The number of nitrogens with one attached hydrogen (secondary N) is 1. The van der Waals surface area contributed by atoms with E-state index in [1.807, 2.05) is 6.20 Å². The molecule has 1 N–H and O–H groups in total. The van der Waals surface area contributed by atoms with Crippen molar-refractivity contribution < 1.29 is 0 Å². The van der Waals surface area contributed by atoms with Gasteiger partial charge in [-0.1, -0.05) is 29.3 Å². The first-order valence-electron chi connectivity index (χ1n) is 7.15. The topological polar surface area (TPSA) is 68.5 Å². The molecule has 0 saturated heterocycles. The van der Waals surface area contributed by atoms with Crippen molar-refractivity contribution in [1.82, 2.24) is 24.7 Å². The molecule has 4 rings (SSSR count). The first kappa shape index (κ1) is 16.3. The minimum atomic E-state index is 0.509. The van der Waals surface area contributed by atoms with Crippen LogP contribution in [0.1, 0.15) is 0 Å². The Bertz CT molecular complexity index is 1050. The van der Waals surface area contributed by atoms with Crippen molar-refractivity contribution in [2.24, 2.45) is 0 Å². The second-order valence-corrected chi connectivity index (χ2v) is 6.75. The van der Waals surface area contributed by atoms with Gasteiger partial charge in [0, 0.05) is 18.6 Å². The van der Waals surface area contributed by atoms with E-state index in [1.165, 1.54) is 6.33 Å². The van der Waals surface area contributed by atoms with E-state index in [1.54, 1.807) is 41.3 Å². The van der Waals surface area contributed by atoms with E-state index in [4.69, 9.17) is 23.2 Å². The van der Waals surface area contributed by atoms with E-state index in [-0.39, 0.29) is 0 Å². The molecule has 9 heteroatoms. The molecule has 0 aliphatic heterocycles. The molecule has 0 radical (unpaired) electrons. The molecule has 0 amide bonds. The third-order valence-corrected chi connectivity index (χ3v) is 4.69. The number of halogens is 3. The second kappa shape index (κ2) is 6.59. The van der Waals surface area contributed by atoms with Crippen molar-refractivity contribution in [2.45, 2.75) is 0 Å². The molecular weight excluding hydrogens is 427 g/mol. The van der Waals surface area contributed by atoms with Crippen molar-refractivity contribution in [3.63, 3.8) is 0 Å². The number of aromatic nitrogens is 5. The molecule has 0 fully saturated rings. The lowest BCUT2D eigenvalue weighted by atomic mass is 10.3. The molecule has 124 valence electrons. The summed E-state index contributed by atoms with van der Waals surface area (Å²) in [6.07, 6.45) is 6.62. The number of nitrogens with zero attached hydrogens (tertiary/aromatic N) is 5. The molecule has 4 aromatic rings. The summed E-state index contributed by atoms with van der Waals surface area (Å²) in [5.74, 6) is 1.25. The Balaban J connectivity index is 1.88. The zero-order chi connectivity index (χ0) is 17.4. The molecule has 1 aromatic carbocycles. The van der Waals surface area contributed by atoms with Crippen LogP contribution in [0.3, 0.4) is 0 Å². The first-order valence-corrected chi connectivity index (χ1v) is 8.69. The fraction of sp³-hybridized carbons (Fsp3) is 0. The van der Waals surface area contributed by atoms with Gasteiger partial charge in [0.2, 0.25) is 0 Å². The summed E-state index contributed by atoms with van der Waals surface area (Å²) >= 11 is 16.1. The summed E-state index contributed by atoms with van der Waals surface area (Å²) in [7, 11) is 0. The van der Waals surface area contributed by atoms with Crippen molar-refractivity contribution in [3.8, 4) is 5.69 Å². The maximum Gasteiger partial charge on any atom is 0.142 e. The molecule has 3 aromatic heterocycles. The molecule has 3 heterocycles. The van der Waals surface area contributed by atoms with Gasteiger partial charge in [0.25, 0.3) is 0 Å². The lowest BCUT2D eigenvalue weighted by Gasteiger charge is -2.06. The highest BCUT2D eigenvalue weighted by molar-refractivity contribution is 9.10. The third-order valence-electron chi connectivity index (χ3n) is 3.50. The number of hydrogen-bond donors (Lipinski definition) is 1.